The van der Waals surface area contributed by atoms with Crippen molar-refractivity contribution in [2.24, 2.45) is 0 Å². The van der Waals surface area contributed by atoms with Gasteiger partial charge in [-0.2, -0.15) is 0 Å². The summed E-state index contributed by atoms with van der Waals surface area (Å²) in [5.41, 5.74) is 3.82. The van der Waals surface area contributed by atoms with Crippen LogP contribution in [0.15, 0.2) is 53.1 Å². The molecule has 0 unspecified atom stereocenters. The predicted molar refractivity (Wildman–Crippen MR) is 141 cm³/mol. The van der Waals surface area contributed by atoms with Crippen molar-refractivity contribution >= 4 is 27.8 Å². The van der Waals surface area contributed by atoms with Gasteiger partial charge in [-0.1, -0.05) is 73.0 Å². The second-order valence-electron chi connectivity index (χ2n) is 9.38. The maximum Gasteiger partial charge on any atom is 0.339 e. The fraction of sp³-hybridized carbons (Fsp3) is 0.393. The van der Waals surface area contributed by atoms with Crippen LogP contribution in [0, 0.1) is 6.92 Å². The molecule has 0 aliphatic carbocycles. The molecule has 1 aliphatic heterocycles. The maximum atomic E-state index is 12.0. The Labute approximate surface area is 215 Å². The number of rotatable bonds is 7. The van der Waals surface area contributed by atoms with E-state index < -0.39 is 5.97 Å². The lowest BCUT2D eigenvalue weighted by molar-refractivity contribution is 0.0692. The van der Waals surface area contributed by atoms with Crippen molar-refractivity contribution in [3.8, 4) is 5.75 Å². The highest BCUT2D eigenvalue weighted by atomic mass is 79.9. The lowest BCUT2D eigenvalue weighted by atomic mass is 10.0. The van der Waals surface area contributed by atoms with Gasteiger partial charge >= 0.3 is 5.97 Å². The Morgan fingerprint density at radius 1 is 1.20 bits per heavy atom. The van der Waals surface area contributed by atoms with Crippen LogP contribution >= 0.6 is 15.9 Å². The normalized spacial score (nSPS) is 16.3. The minimum Gasteiger partial charge on any atom is -0.487 e. The number of carboxylic acids is 1. The van der Waals surface area contributed by atoms with Crippen molar-refractivity contribution in [3.63, 3.8) is 0 Å². The maximum absolute atomic E-state index is 12.0. The molecule has 0 spiro atoms. The molecular weight excluding hydrogens is 506 g/mol. The monoisotopic (exact) mass is 537 g/mol. The largest absolute Gasteiger partial charge is 0.487 e. The van der Waals surface area contributed by atoms with Crippen molar-refractivity contribution in [3.05, 3.63) is 81.1 Å². The number of carbonyl (C=O) groups is 1. The number of carboxylic acid groups (broad SMARTS) is 1. The zero-order valence-electron chi connectivity index (χ0n) is 20.5. The van der Waals surface area contributed by atoms with Gasteiger partial charge < -0.3 is 14.7 Å². The summed E-state index contributed by atoms with van der Waals surface area (Å²) in [6.45, 7) is 7.14. The molecule has 1 fully saturated rings. The summed E-state index contributed by atoms with van der Waals surface area (Å²) in [4.78, 5) is 23.4. The zero-order chi connectivity index (χ0) is 24.9. The van der Waals surface area contributed by atoms with Crippen molar-refractivity contribution in [1.29, 1.82) is 0 Å². The Kier molecular flexibility index (Phi) is 8.06. The lowest BCUT2D eigenvalue weighted by Crippen LogP contribution is -2.31. The zero-order valence-corrected chi connectivity index (χ0v) is 22.1. The molecule has 1 saturated heterocycles. The second kappa shape index (κ2) is 11.2. The number of benzene rings is 2. The molecule has 6 nitrogen and oxygen atoms in total. The van der Waals surface area contributed by atoms with E-state index in [-0.39, 0.29) is 18.2 Å². The molecule has 35 heavy (non-hydrogen) atoms. The number of hydrogen-bond donors (Lipinski definition) is 1. The average Bonchev–Trinajstić information content (AvgIpc) is 3.09. The van der Waals surface area contributed by atoms with Gasteiger partial charge in [0, 0.05) is 17.2 Å². The summed E-state index contributed by atoms with van der Waals surface area (Å²) in [6, 6.07) is 14.5. The fourth-order valence-electron chi connectivity index (χ4n) is 4.53. The molecule has 0 bridgehead atoms. The third kappa shape index (κ3) is 5.84. The van der Waals surface area contributed by atoms with Crippen LogP contribution in [-0.4, -0.2) is 27.6 Å². The van der Waals surface area contributed by atoms with Gasteiger partial charge in [0.15, 0.2) is 0 Å². The Morgan fingerprint density at radius 2 is 2.00 bits per heavy atom. The van der Waals surface area contributed by atoms with E-state index in [9.17, 15) is 9.90 Å². The molecule has 1 N–H and O–H groups in total. The number of aromatic carboxylic acids is 1. The van der Waals surface area contributed by atoms with Gasteiger partial charge in [-0.05, 0) is 54.5 Å². The van der Waals surface area contributed by atoms with Crippen LogP contribution in [0.3, 0.4) is 0 Å². The molecule has 0 radical (unpaired) electrons. The van der Waals surface area contributed by atoms with Crippen molar-refractivity contribution < 1.29 is 14.6 Å². The lowest BCUT2D eigenvalue weighted by Gasteiger charge is -2.31. The molecular formula is C28H32BrN3O3. The molecule has 2 aromatic carbocycles. The van der Waals surface area contributed by atoms with Crippen LogP contribution < -0.4 is 9.64 Å². The van der Waals surface area contributed by atoms with E-state index >= 15 is 0 Å². The van der Waals surface area contributed by atoms with E-state index in [4.69, 9.17) is 9.72 Å². The number of hydrogen-bond acceptors (Lipinski definition) is 5. The van der Waals surface area contributed by atoms with Gasteiger partial charge in [0.05, 0.1) is 11.7 Å². The van der Waals surface area contributed by atoms with Gasteiger partial charge in [-0.15, -0.1) is 0 Å². The number of aromatic nitrogens is 2. The number of aryl methyl sites for hydroxylation is 1. The van der Waals surface area contributed by atoms with Gasteiger partial charge in [0.2, 0.25) is 5.95 Å². The van der Waals surface area contributed by atoms with E-state index in [0.717, 1.165) is 48.0 Å². The van der Waals surface area contributed by atoms with Gasteiger partial charge in [-0.3, -0.25) is 0 Å². The van der Waals surface area contributed by atoms with E-state index in [0.29, 0.717) is 17.6 Å². The Hall–Kier alpha value is -2.93. The van der Waals surface area contributed by atoms with Gasteiger partial charge in [-0.25, -0.2) is 14.8 Å². The molecule has 7 heteroatoms. The number of halogens is 1. The first-order valence-electron chi connectivity index (χ1n) is 12.2. The minimum atomic E-state index is -1.05. The summed E-state index contributed by atoms with van der Waals surface area (Å²) in [7, 11) is 0. The highest BCUT2D eigenvalue weighted by Gasteiger charge is 2.27. The molecule has 0 saturated carbocycles. The third-order valence-electron chi connectivity index (χ3n) is 6.60. The third-order valence-corrected chi connectivity index (χ3v) is 7.32. The summed E-state index contributed by atoms with van der Waals surface area (Å²) in [5.74, 6) is 0.606. The van der Waals surface area contributed by atoms with Crippen LogP contribution in [0.4, 0.5) is 5.95 Å². The van der Waals surface area contributed by atoms with Gasteiger partial charge in [0.1, 0.15) is 17.9 Å². The van der Waals surface area contributed by atoms with Crippen LogP contribution in [0.25, 0.3) is 0 Å². The first-order chi connectivity index (χ1) is 16.8. The summed E-state index contributed by atoms with van der Waals surface area (Å²) in [6.07, 6.45) is 5.71. The van der Waals surface area contributed by atoms with Crippen LogP contribution in [0.2, 0.25) is 0 Å². The number of anilines is 1. The smallest absolute Gasteiger partial charge is 0.339 e. The molecule has 4 rings (SSSR count). The van der Waals surface area contributed by atoms with E-state index in [1.807, 2.05) is 31.2 Å². The summed E-state index contributed by atoms with van der Waals surface area (Å²) >= 11 is 3.71. The number of nitrogens with zero attached hydrogens (tertiary/aromatic N) is 3. The predicted octanol–water partition coefficient (Wildman–Crippen LogP) is 7.07. The highest BCUT2D eigenvalue weighted by molar-refractivity contribution is 9.10. The van der Waals surface area contributed by atoms with Crippen LogP contribution in [0.1, 0.15) is 84.2 Å². The number of ether oxygens (including phenoxy) is 1. The van der Waals surface area contributed by atoms with Crippen LogP contribution in [-0.2, 0) is 6.61 Å². The average molecular weight is 538 g/mol. The van der Waals surface area contributed by atoms with Gasteiger partial charge in [0.25, 0.3) is 0 Å². The van der Waals surface area contributed by atoms with E-state index in [2.05, 4.69) is 57.9 Å². The van der Waals surface area contributed by atoms with Crippen molar-refractivity contribution in [2.45, 2.75) is 65.0 Å². The molecule has 3 aromatic rings. The van der Waals surface area contributed by atoms with E-state index in [1.54, 1.807) is 0 Å². The molecule has 184 valence electrons. The fourth-order valence-corrected chi connectivity index (χ4v) is 5.08. The quantitative estimate of drug-likeness (QED) is 0.347. The Bertz CT molecular complexity index is 1200. The van der Waals surface area contributed by atoms with Crippen LogP contribution in [0.5, 0.6) is 5.75 Å². The topological polar surface area (TPSA) is 75.5 Å². The molecule has 2 heterocycles. The summed E-state index contributed by atoms with van der Waals surface area (Å²) < 4.78 is 7.18. The SMILES string of the molecule is Cc1ccc(C(C)C)cc1OCc1nc(N2CCCCC[C@H]2c2ccccc2Br)ncc1C(=O)O. The first kappa shape index (κ1) is 25.2. The highest BCUT2D eigenvalue weighted by Crippen LogP contribution is 2.36. The standard InChI is InChI=1S/C28H32BrN3O3/c1-18(2)20-13-12-19(3)26(15-20)35-17-24-22(27(33)34)16-30-28(31-24)32-14-8-4-5-11-25(32)21-9-6-7-10-23(21)29/h6-7,9-10,12-13,15-16,18,25H,4-5,8,11,14,17H2,1-3H3,(H,33,34)/t25-/m0/s1. The molecule has 0 amide bonds. The van der Waals surface area contributed by atoms with Crippen molar-refractivity contribution in [2.75, 3.05) is 11.4 Å². The molecule has 1 aromatic heterocycles. The Morgan fingerprint density at radius 3 is 2.74 bits per heavy atom. The molecule has 1 aliphatic rings. The van der Waals surface area contributed by atoms with Crippen molar-refractivity contribution in [1.82, 2.24) is 9.97 Å². The minimum absolute atomic E-state index is 0.0626. The summed E-state index contributed by atoms with van der Waals surface area (Å²) in [5, 5.41) is 9.79. The molecule has 1 atom stereocenters. The first-order valence-corrected chi connectivity index (χ1v) is 13.0. The Balaban J connectivity index is 1.67. The second-order valence-corrected chi connectivity index (χ2v) is 10.2. The van der Waals surface area contributed by atoms with E-state index in [1.165, 1.54) is 17.3 Å².